The molecule has 0 aliphatic heterocycles. The van der Waals surface area contributed by atoms with E-state index in [4.69, 9.17) is 0 Å². The van der Waals surface area contributed by atoms with Crippen LogP contribution in [0.15, 0.2) is 42.5 Å². The molecule has 0 radical (unpaired) electrons. The zero-order valence-electron chi connectivity index (χ0n) is 10.9. The molecule has 1 amide bonds. The minimum absolute atomic E-state index is 0.135. The first-order chi connectivity index (χ1) is 10.1. The van der Waals surface area contributed by atoms with Gasteiger partial charge in [0, 0.05) is 0 Å². The first-order valence-corrected chi connectivity index (χ1v) is 7.09. The van der Waals surface area contributed by atoms with Crippen molar-refractivity contribution in [2.75, 3.05) is 5.32 Å². The molecule has 0 spiro atoms. The average Bonchev–Trinajstić information content (AvgIpc) is 2.79. The van der Waals surface area contributed by atoms with Crippen molar-refractivity contribution >= 4 is 32.6 Å². The number of amides is 1. The third-order valence-electron chi connectivity index (χ3n) is 2.89. The Hall–Kier alpha value is -2.60. The number of nitrogens with one attached hydrogen (secondary N) is 1. The number of hydrogen-bond donors (Lipinski definition) is 3. The minimum atomic E-state index is -0.205. The second-order valence-corrected chi connectivity index (χ2v) is 5.60. The van der Waals surface area contributed by atoms with Gasteiger partial charge in [-0.15, -0.1) is 0 Å². The summed E-state index contributed by atoms with van der Waals surface area (Å²) in [5, 5.41) is 22.0. The van der Waals surface area contributed by atoms with Gasteiger partial charge in [0.15, 0.2) is 5.13 Å². The highest BCUT2D eigenvalue weighted by molar-refractivity contribution is 7.22. The lowest BCUT2D eigenvalue weighted by Gasteiger charge is -2.02. The summed E-state index contributed by atoms with van der Waals surface area (Å²) in [6.07, 6.45) is 0.162. The van der Waals surface area contributed by atoms with Gasteiger partial charge < -0.3 is 15.5 Å². The summed E-state index contributed by atoms with van der Waals surface area (Å²) >= 11 is 1.30. The molecule has 0 aliphatic rings. The number of aromatic hydroxyl groups is 2. The average molecular weight is 300 g/mol. The van der Waals surface area contributed by atoms with Crippen LogP contribution in [0.5, 0.6) is 11.5 Å². The van der Waals surface area contributed by atoms with Crippen LogP contribution in [-0.4, -0.2) is 21.1 Å². The van der Waals surface area contributed by atoms with E-state index in [1.54, 1.807) is 42.5 Å². The van der Waals surface area contributed by atoms with Crippen LogP contribution in [0.4, 0.5) is 5.13 Å². The van der Waals surface area contributed by atoms with Gasteiger partial charge in [-0.05, 0) is 35.9 Å². The van der Waals surface area contributed by atoms with Gasteiger partial charge in [-0.2, -0.15) is 0 Å². The van der Waals surface area contributed by atoms with Gasteiger partial charge >= 0.3 is 0 Å². The fraction of sp³-hybridized carbons (Fsp3) is 0.0667. The highest BCUT2D eigenvalue weighted by Gasteiger charge is 2.09. The topological polar surface area (TPSA) is 82.5 Å². The fourth-order valence-electron chi connectivity index (χ4n) is 1.98. The van der Waals surface area contributed by atoms with Crippen molar-refractivity contribution in [3.8, 4) is 11.5 Å². The Morgan fingerprint density at radius 2 is 1.95 bits per heavy atom. The smallest absolute Gasteiger partial charge is 0.230 e. The molecule has 0 unspecified atom stereocenters. The zero-order chi connectivity index (χ0) is 14.8. The van der Waals surface area contributed by atoms with Crippen molar-refractivity contribution in [3.63, 3.8) is 0 Å². The van der Waals surface area contributed by atoms with E-state index in [0.717, 1.165) is 15.8 Å². The van der Waals surface area contributed by atoms with E-state index < -0.39 is 0 Å². The number of phenolic OH excluding ortho intramolecular Hbond substituents is 2. The van der Waals surface area contributed by atoms with Crippen LogP contribution in [0.25, 0.3) is 10.2 Å². The van der Waals surface area contributed by atoms with E-state index in [1.807, 2.05) is 0 Å². The third kappa shape index (κ3) is 3.11. The Bertz CT molecular complexity index is 814. The van der Waals surface area contributed by atoms with Crippen LogP contribution in [-0.2, 0) is 11.2 Å². The molecule has 0 bridgehead atoms. The molecular weight excluding hydrogens is 288 g/mol. The van der Waals surface area contributed by atoms with Crippen LogP contribution in [0.2, 0.25) is 0 Å². The van der Waals surface area contributed by atoms with Crippen LogP contribution >= 0.6 is 11.3 Å². The van der Waals surface area contributed by atoms with Crippen molar-refractivity contribution in [1.82, 2.24) is 4.98 Å². The maximum Gasteiger partial charge on any atom is 0.230 e. The maximum atomic E-state index is 12.0. The Labute approximate surface area is 124 Å². The lowest BCUT2D eigenvalue weighted by molar-refractivity contribution is -0.115. The molecule has 21 heavy (non-hydrogen) atoms. The number of carbonyl (C=O) groups is 1. The van der Waals surface area contributed by atoms with Crippen molar-refractivity contribution < 1.29 is 15.0 Å². The molecule has 106 valence electrons. The van der Waals surface area contributed by atoms with E-state index in [2.05, 4.69) is 10.3 Å². The van der Waals surface area contributed by atoms with Crippen LogP contribution in [0.3, 0.4) is 0 Å². The van der Waals surface area contributed by atoms with E-state index in [0.29, 0.717) is 5.13 Å². The number of nitrogens with zero attached hydrogens (tertiary/aromatic N) is 1. The lowest BCUT2D eigenvalue weighted by Crippen LogP contribution is -2.14. The summed E-state index contributed by atoms with van der Waals surface area (Å²) in [5.74, 6) is 0.100. The first kappa shape index (κ1) is 13.4. The maximum absolute atomic E-state index is 12.0. The molecule has 0 atom stereocenters. The molecular formula is C15H12N2O3S. The number of thiazole rings is 1. The predicted octanol–water partition coefficient (Wildman–Crippen LogP) is 2.89. The summed E-state index contributed by atoms with van der Waals surface area (Å²) < 4.78 is 0.808. The summed E-state index contributed by atoms with van der Waals surface area (Å²) in [7, 11) is 0. The number of fused-ring (bicyclic) bond motifs is 1. The second kappa shape index (κ2) is 5.41. The molecule has 0 fully saturated rings. The van der Waals surface area contributed by atoms with Gasteiger partial charge in [-0.1, -0.05) is 23.5 Å². The molecule has 1 aromatic heterocycles. The van der Waals surface area contributed by atoms with Gasteiger partial charge in [0.25, 0.3) is 0 Å². The monoisotopic (exact) mass is 300 g/mol. The number of phenols is 2. The summed E-state index contributed by atoms with van der Waals surface area (Å²) in [6.45, 7) is 0. The first-order valence-electron chi connectivity index (χ1n) is 6.27. The largest absolute Gasteiger partial charge is 0.508 e. The Balaban J connectivity index is 1.74. The van der Waals surface area contributed by atoms with Crippen LogP contribution in [0.1, 0.15) is 5.56 Å². The molecule has 5 nitrogen and oxygen atoms in total. The van der Waals surface area contributed by atoms with Crippen molar-refractivity contribution in [2.45, 2.75) is 6.42 Å². The highest BCUT2D eigenvalue weighted by atomic mass is 32.1. The quantitative estimate of drug-likeness (QED) is 0.694. The molecule has 3 aromatic rings. The Kier molecular flexibility index (Phi) is 3.45. The lowest BCUT2D eigenvalue weighted by atomic mass is 10.1. The van der Waals surface area contributed by atoms with E-state index in [-0.39, 0.29) is 23.8 Å². The summed E-state index contributed by atoms with van der Waals surface area (Å²) in [6, 6.07) is 11.4. The number of hydrogen-bond acceptors (Lipinski definition) is 5. The number of aromatic nitrogens is 1. The molecule has 0 saturated carbocycles. The second-order valence-electron chi connectivity index (χ2n) is 4.57. The van der Waals surface area contributed by atoms with E-state index in [9.17, 15) is 15.0 Å². The Morgan fingerprint density at radius 1 is 1.14 bits per heavy atom. The molecule has 6 heteroatoms. The molecule has 3 N–H and O–H groups in total. The van der Waals surface area contributed by atoms with E-state index in [1.165, 1.54) is 11.3 Å². The number of anilines is 1. The summed E-state index contributed by atoms with van der Waals surface area (Å²) in [5.41, 5.74) is 1.46. The van der Waals surface area contributed by atoms with E-state index >= 15 is 0 Å². The molecule has 3 rings (SSSR count). The van der Waals surface area contributed by atoms with Gasteiger partial charge in [0.05, 0.1) is 16.6 Å². The summed E-state index contributed by atoms with van der Waals surface area (Å²) in [4.78, 5) is 16.2. The normalized spacial score (nSPS) is 10.7. The number of rotatable bonds is 3. The third-order valence-corrected chi connectivity index (χ3v) is 3.83. The van der Waals surface area contributed by atoms with Crippen molar-refractivity contribution in [2.24, 2.45) is 0 Å². The highest BCUT2D eigenvalue weighted by Crippen LogP contribution is 2.28. The van der Waals surface area contributed by atoms with Gasteiger partial charge in [0.1, 0.15) is 11.5 Å². The SMILES string of the molecule is O=C(Cc1cccc(O)c1)Nc1nc2ccc(O)cc2s1. The standard InChI is InChI=1S/C15H12N2O3S/c18-10-3-1-2-9(6-10)7-14(20)17-15-16-12-5-4-11(19)8-13(12)21-15/h1-6,8,18-19H,7H2,(H,16,17,20). The van der Waals surface area contributed by atoms with Crippen LogP contribution < -0.4 is 5.32 Å². The van der Waals surface area contributed by atoms with Gasteiger partial charge in [-0.3, -0.25) is 4.79 Å². The fourth-order valence-corrected chi connectivity index (χ4v) is 2.90. The molecule has 0 aliphatic carbocycles. The number of benzene rings is 2. The van der Waals surface area contributed by atoms with Crippen molar-refractivity contribution in [1.29, 1.82) is 0 Å². The predicted molar refractivity (Wildman–Crippen MR) is 81.7 cm³/mol. The zero-order valence-corrected chi connectivity index (χ0v) is 11.7. The minimum Gasteiger partial charge on any atom is -0.508 e. The molecule has 2 aromatic carbocycles. The molecule has 1 heterocycles. The number of carbonyl (C=O) groups excluding carboxylic acids is 1. The van der Waals surface area contributed by atoms with Crippen molar-refractivity contribution in [3.05, 3.63) is 48.0 Å². The van der Waals surface area contributed by atoms with Gasteiger partial charge in [-0.25, -0.2) is 4.98 Å². The van der Waals surface area contributed by atoms with Crippen LogP contribution in [0, 0.1) is 0 Å². The molecule has 0 saturated heterocycles. The van der Waals surface area contributed by atoms with Gasteiger partial charge in [0.2, 0.25) is 5.91 Å². The Morgan fingerprint density at radius 3 is 2.76 bits per heavy atom.